The van der Waals surface area contributed by atoms with E-state index in [2.05, 4.69) is 4.98 Å². The quantitative estimate of drug-likeness (QED) is 0.598. The van der Waals surface area contributed by atoms with E-state index in [0.717, 1.165) is 21.8 Å². The van der Waals surface area contributed by atoms with Gasteiger partial charge in [-0.15, -0.1) is 0 Å². The fourth-order valence-corrected chi connectivity index (χ4v) is 2.11. The van der Waals surface area contributed by atoms with E-state index in [-0.39, 0.29) is 11.3 Å². The lowest BCUT2D eigenvalue weighted by Gasteiger charge is -1.97. The standard InChI is InChI=1S/C12H10N2O2/c1-14-10-4-7(15)2-3-8(10)9-5-12(16)13-6-11(9)14/h2-6,15H,1H3,(H,13,16). The Morgan fingerprint density at radius 3 is 2.81 bits per heavy atom. The van der Waals surface area contributed by atoms with Crippen LogP contribution in [-0.2, 0) is 7.05 Å². The molecule has 0 fully saturated rings. The number of pyridine rings is 1. The van der Waals surface area contributed by atoms with Crippen LogP contribution >= 0.6 is 0 Å². The number of aromatic hydroxyl groups is 1. The zero-order valence-corrected chi connectivity index (χ0v) is 8.69. The van der Waals surface area contributed by atoms with Gasteiger partial charge in [0, 0.05) is 36.1 Å². The van der Waals surface area contributed by atoms with Gasteiger partial charge in [0.05, 0.1) is 11.0 Å². The molecule has 2 N–H and O–H groups in total. The summed E-state index contributed by atoms with van der Waals surface area (Å²) in [7, 11) is 1.91. The summed E-state index contributed by atoms with van der Waals surface area (Å²) < 4.78 is 1.94. The first-order valence-corrected chi connectivity index (χ1v) is 4.96. The van der Waals surface area contributed by atoms with Crippen molar-refractivity contribution >= 4 is 21.8 Å². The number of aromatic amines is 1. The van der Waals surface area contributed by atoms with Gasteiger partial charge >= 0.3 is 0 Å². The third-order valence-electron chi connectivity index (χ3n) is 2.90. The van der Waals surface area contributed by atoms with E-state index < -0.39 is 0 Å². The van der Waals surface area contributed by atoms with Gasteiger partial charge in [-0.3, -0.25) is 4.79 Å². The van der Waals surface area contributed by atoms with Crippen LogP contribution in [0.15, 0.2) is 35.3 Å². The van der Waals surface area contributed by atoms with Crippen molar-refractivity contribution in [3.63, 3.8) is 0 Å². The van der Waals surface area contributed by atoms with E-state index in [0.29, 0.717) is 0 Å². The number of nitrogens with zero attached hydrogens (tertiary/aromatic N) is 1. The molecule has 0 saturated carbocycles. The van der Waals surface area contributed by atoms with E-state index in [4.69, 9.17) is 0 Å². The van der Waals surface area contributed by atoms with Crippen LogP contribution in [0.4, 0.5) is 0 Å². The molecule has 0 radical (unpaired) electrons. The van der Waals surface area contributed by atoms with Crippen LogP contribution in [0.25, 0.3) is 21.8 Å². The second-order valence-corrected chi connectivity index (χ2v) is 3.86. The zero-order valence-electron chi connectivity index (χ0n) is 8.69. The number of aryl methyl sites for hydroxylation is 1. The van der Waals surface area contributed by atoms with Gasteiger partial charge in [0.25, 0.3) is 0 Å². The van der Waals surface area contributed by atoms with Crippen molar-refractivity contribution in [2.24, 2.45) is 7.05 Å². The minimum absolute atomic E-state index is 0.118. The Bertz CT molecular complexity index is 753. The number of fused-ring (bicyclic) bond motifs is 3. The molecule has 0 atom stereocenters. The van der Waals surface area contributed by atoms with Crippen molar-refractivity contribution in [2.75, 3.05) is 0 Å². The molecule has 0 saturated heterocycles. The van der Waals surface area contributed by atoms with Crippen molar-refractivity contribution in [3.8, 4) is 5.75 Å². The number of aromatic nitrogens is 2. The molecular weight excluding hydrogens is 204 g/mol. The molecule has 0 unspecified atom stereocenters. The fourth-order valence-electron chi connectivity index (χ4n) is 2.11. The Labute approximate surface area is 90.8 Å². The smallest absolute Gasteiger partial charge is 0.248 e. The number of hydrogen-bond acceptors (Lipinski definition) is 2. The number of hydrogen-bond donors (Lipinski definition) is 2. The molecule has 4 nitrogen and oxygen atoms in total. The van der Waals surface area contributed by atoms with Gasteiger partial charge in [-0.25, -0.2) is 0 Å². The average Bonchev–Trinajstić information content (AvgIpc) is 2.52. The van der Waals surface area contributed by atoms with Crippen molar-refractivity contribution in [1.82, 2.24) is 9.55 Å². The summed E-state index contributed by atoms with van der Waals surface area (Å²) in [4.78, 5) is 13.9. The van der Waals surface area contributed by atoms with Crippen LogP contribution in [0.5, 0.6) is 5.75 Å². The second-order valence-electron chi connectivity index (χ2n) is 3.86. The van der Waals surface area contributed by atoms with E-state index >= 15 is 0 Å². The third-order valence-corrected chi connectivity index (χ3v) is 2.90. The molecule has 4 heteroatoms. The van der Waals surface area contributed by atoms with E-state index in [9.17, 15) is 9.90 Å². The molecule has 1 aromatic carbocycles. The highest BCUT2D eigenvalue weighted by molar-refractivity contribution is 6.07. The normalized spacial score (nSPS) is 11.3. The monoisotopic (exact) mass is 214 g/mol. The molecule has 2 aromatic heterocycles. The number of phenolic OH excluding ortho intramolecular Hbond substituents is 1. The number of phenols is 1. The molecule has 0 amide bonds. The number of H-pyrrole nitrogens is 1. The maximum absolute atomic E-state index is 11.3. The van der Waals surface area contributed by atoms with Crippen molar-refractivity contribution in [2.45, 2.75) is 0 Å². The Morgan fingerprint density at radius 1 is 1.19 bits per heavy atom. The Kier molecular flexibility index (Phi) is 1.63. The molecule has 80 valence electrons. The van der Waals surface area contributed by atoms with E-state index in [1.807, 2.05) is 17.7 Å². The van der Waals surface area contributed by atoms with Crippen LogP contribution in [0.2, 0.25) is 0 Å². The zero-order chi connectivity index (χ0) is 11.3. The number of rotatable bonds is 0. The molecule has 2 heterocycles. The molecule has 0 spiro atoms. The number of nitrogens with one attached hydrogen (secondary N) is 1. The van der Waals surface area contributed by atoms with Gasteiger partial charge in [-0.1, -0.05) is 0 Å². The first kappa shape index (κ1) is 9.03. The molecule has 0 bridgehead atoms. The predicted molar refractivity (Wildman–Crippen MR) is 62.7 cm³/mol. The van der Waals surface area contributed by atoms with Crippen LogP contribution in [0.3, 0.4) is 0 Å². The Morgan fingerprint density at radius 2 is 2.00 bits per heavy atom. The molecule has 0 aliphatic heterocycles. The highest BCUT2D eigenvalue weighted by atomic mass is 16.3. The molecule has 0 aliphatic rings. The minimum atomic E-state index is -0.118. The lowest BCUT2D eigenvalue weighted by Crippen LogP contribution is -2.01. The van der Waals surface area contributed by atoms with Crippen LogP contribution in [0.1, 0.15) is 0 Å². The summed E-state index contributed by atoms with van der Waals surface area (Å²) in [6, 6.07) is 6.73. The highest BCUT2D eigenvalue weighted by Crippen LogP contribution is 2.28. The first-order valence-electron chi connectivity index (χ1n) is 4.96. The molecule has 16 heavy (non-hydrogen) atoms. The summed E-state index contributed by atoms with van der Waals surface area (Å²) in [5.74, 6) is 0.227. The van der Waals surface area contributed by atoms with Crippen molar-refractivity contribution < 1.29 is 5.11 Å². The van der Waals surface area contributed by atoms with Gasteiger partial charge in [0.2, 0.25) is 5.56 Å². The lowest BCUT2D eigenvalue weighted by molar-refractivity contribution is 0.476. The van der Waals surface area contributed by atoms with Crippen LogP contribution in [0, 0.1) is 0 Å². The van der Waals surface area contributed by atoms with Gasteiger partial charge in [-0.2, -0.15) is 0 Å². The van der Waals surface area contributed by atoms with Gasteiger partial charge in [-0.05, 0) is 12.1 Å². The summed E-state index contributed by atoms with van der Waals surface area (Å²) in [6.07, 6.45) is 1.69. The molecule has 0 aliphatic carbocycles. The van der Waals surface area contributed by atoms with E-state index in [1.165, 1.54) is 0 Å². The van der Waals surface area contributed by atoms with Crippen LogP contribution in [-0.4, -0.2) is 14.7 Å². The van der Waals surface area contributed by atoms with Crippen LogP contribution < -0.4 is 5.56 Å². The topological polar surface area (TPSA) is 58.0 Å². The summed E-state index contributed by atoms with van der Waals surface area (Å²) in [5, 5.41) is 11.3. The maximum Gasteiger partial charge on any atom is 0.248 e. The fraction of sp³-hybridized carbons (Fsp3) is 0.0833. The highest BCUT2D eigenvalue weighted by Gasteiger charge is 2.08. The average molecular weight is 214 g/mol. The molecular formula is C12H10N2O2. The van der Waals surface area contributed by atoms with Gasteiger partial charge in [0.1, 0.15) is 5.75 Å². The summed E-state index contributed by atoms with van der Waals surface area (Å²) in [6.45, 7) is 0. The third kappa shape index (κ3) is 1.07. The summed E-state index contributed by atoms with van der Waals surface area (Å²) >= 11 is 0. The lowest BCUT2D eigenvalue weighted by atomic mass is 10.2. The minimum Gasteiger partial charge on any atom is -0.508 e. The van der Waals surface area contributed by atoms with Gasteiger partial charge in [0.15, 0.2) is 0 Å². The first-order chi connectivity index (χ1) is 7.66. The van der Waals surface area contributed by atoms with Crippen molar-refractivity contribution in [3.05, 3.63) is 40.8 Å². The Hall–Kier alpha value is -2.23. The second kappa shape index (κ2) is 2.88. The van der Waals surface area contributed by atoms with E-state index in [1.54, 1.807) is 24.4 Å². The maximum atomic E-state index is 11.3. The predicted octanol–water partition coefficient (Wildman–Crippen LogP) is 1.73. The van der Waals surface area contributed by atoms with Gasteiger partial charge < -0.3 is 14.7 Å². The largest absolute Gasteiger partial charge is 0.508 e. The molecule has 3 rings (SSSR count). The Balaban J connectivity index is 2.64. The molecule has 3 aromatic rings. The van der Waals surface area contributed by atoms with Crippen molar-refractivity contribution in [1.29, 1.82) is 0 Å². The SMILES string of the molecule is Cn1c2c[nH]c(=O)cc2c2ccc(O)cc21. The number of benzene rings is 1. The summed E-state index contributed by atoms with van der Waals surface area (Å²) in [5.41, 5.74) is 1.74.